The molecule has 71 heavy (non-hydrogen) atoms. The zero-order valence-electron chi connectivity index (χ0n) is 47.9. The molecule has 2 atom stereocenters. The van der Waals surface area contributed by atoms with Gasteiger partial charge in [-0.2, -0.15) is 0 Å². The maximum Gasteiger partial charge on any atom is 0.306 e. The molecule has 0 bridgehead atoms. The summed E-state index contributed by atoms with van der Waals surface area (Å²) in [7, 11) is 5.93. The molecule has 0 N–H and O–H groups in total. The number of carbonyl (C=O) groups excluding carboxylic acids is 3. The maximum atomic E-state index is 12.8. The molecule has 2 unspecified atom stereocenters. The van der Waals surface area contributed by atoms with Crippen molar-refractivity contribution in [1.29, 1.82) is 0 Å². The minimum Gasteiger partial charge on any atom is -0.545 e. The molecule has 0 aliphatic rings. The second-order valence-corrected chi connectivity index (χ2v) is 22.4. The lowest BCUT2D eigenvalue weighted by Gasteiger charge is -2.26. The van der Waals surface area contributed by atoms with Crippen molar-refractivity contribution in [1.82, 2.24) is 0 Å². The van der Waals surface area contributed by atoms with Crippen LogP contribution in [0.2, 0.25) is 0 Å². The average molecular weight is 1010 g/mol. The molecule has 9 nitrogen and oxygen atoms in total. The molecule has 0 aliphatic carbocycles. The van der Waals surface area contributed by atoms with Crippen molar-refractivity contribution in [3.05, 3.63) is 12.2 Å². The summed E-state index contributed by atoms with van der Waals surface area (Å²) in [5.74, 6) is -2.26. The molecule has 0 aromatic carbocycles. The van der Waals surface area contributed by atoms with Gasteiger partial charge >= 0.3 is 11.9 Å². The Kier molecular flexibility index (Phi) is 52.8. The largest absolute Gasteiger partial charge is 0.545 e. The lowest BCUT2D eigenvalue weighted by molar-refractivity contribution is -0.870. The number of nitrogens with zero attached hydrogens (tertiary/aromatic N) is 1. The lowest BCUT2D eigenvalue weighted by Crippen LogP contribution is -2.44. The Morgan fingerprint density at radius 1 is 0.408 bits per heavy atom. The fourth-order valence-electron chi connectivity index (χ4n) is 9.24. The molecular formula is C62H119NO8. The van der Waals surface area contributed by atoms with Crippen LogP contribution in [0.3, 0.4) is 0 Å². The molecule has 0 aromatic heterocycles. The summed E-state index contributed by atoms with van der Waals surface area (Å²) in [6.45, 7) is 4.78. The number of carboxylic acid groups (broad SMARTS) is 1. The van der Waals surface area contributed by atoms with Gasteiger partial charge in [0, 0.05) is 12.8 Å². The number of quaternary nitrogens is 1. The zero-order chi connectivity index (χ0) is 52.0. The van der Waals surface area contributed by atoms with Crippen LogP contribution < -0.4 is 5.11 Å². The quantitative estimate of drug-likeness (QED) is 0.0195. The van der Waals surface area contributed by atoms with Crippen molar-refractivity contribution in [2.24, 2.45) is 0 Å². The molecule has 0 saturated carbocycles. The molecule has 0 rings (SSSR count). The van der Waals surface area contributed by atoms with Gasteiger partial charge in [-0.15, -0.1) is 0 Å². The minimum atomic E-state index is -1.61. The van der Waals surface area contributed by atoms with Crippen molar-refractivity contribution >= 4 is 17.9 Å². The molecule has 0 amide bonds. The number of esters is 2. The van der Waals surface area contributed by atoms with E-state index in [2.05, 4.69) is 26.0 Å². The first-order valence-electron chi connectivity index (χ1n) is 30.8. The summed E-state index contributed by atoms with van der Waals surface area (Å²) in [6.07, 6.45) is 60.2. The van der Waals surface area contributed by atoms with E-state index in [1.165, 1.54) is 244 Å². The number of allylic oxidation sites excluding steroid dienone is 2. The number of aliphatic carboxylic acids is 1. The van der Waals surface area contributed by atoms with E-state index in [4.69, 9.17) is 18.9 Å². The highest BCUT2D eigenvalue weighted by Gasteiger charge is 2.22. The molecule has 0 heterocycles. The summed E-state index contributed by atoms with van der Waals surface area (Å²) in [5.41, 5.74) is 0. The third-order valence-electron chi connectivity index (χ3n) is 14.0. The van der Waals surface area contributed by atoms with Gasteiger partial charge in [-0.05, 0) is 38.5 Å². The summed E-state index contributed by atoms with van der Waals surface area (Å²) < 4.78 is 22.7. The molecule has 420 valence electrons. The van der Waals surface area contributed by atoms with Gasteiger partial charge in [0.15, 0.2) is 12.4 Å². The third-order valence-corrected chi connectivity index (χ3v) is 14.0. The minimum absolute atomic E-state index is 0.152. The fraction of sp³-hybridized carbons (Fsp3) is 0.919. The van der Waals surface area contributed by atoms with Gasteiger partial charge in [0.2, 0.25) is 0 Å². The molecule has 0 fully saturated rings. The van der Waals surface area contributed by atoms with Gasteiger partial charge in [0.1, 0.15) is 13.2 Å². The van der Waals surface area contributed by atoms with Crippen molar-refractivity contribution in [2.75, 3.05) is 47.5 Å². The summed E-state index contributed by atoms with van der Waals surface area (Å²) in [4.78, 5) is 37.2. The van der Waals surface area contributed by atoms with Crippen molar-refractivity contribution < 1.29 is 42.9 Å². The van der Waals surface area contributed by atoms with E-state index in [1.807, 2.05) is 21.1 Å². The Hall–Kier alpha value is -1.97. The van der Waals surface area contributed by atoms with Crippen LogP contribution in [-0.2, 0) is 33.3 Å². The number of hydrogen-bond donors (Lipinski definition) is 0. The fourth-order valence-corrected chi connectivity index (χ4v) is 9.24. The van der Waals surface area contributed by atoms with Crippen LogP contribution in [0.1, 0.15) is 309 Å². The Bertz CT molecular complexity index is 1170. The molecule has 0 aliphatic heterocycles. The Morgan fingerprint density at radius 3 is 1.04 bits per heavy atom. The number of hydrogen-bond acceptors (Lipinski definition) is 8. The third kappa shape index (κ3) is 55.6. The van der Waals surface area contributed by atoms with E-state index >= 15 is 0 Å². The highest BCUT2D eigenvalue weighted by atomic mass is 16.7. The second kappa shape index (κ2) is 54.3. The van der Waals surface area contributed by atoms with Gasteiger partial charge in [0.25, 0.3) is 0 Å². The first kappa shape index (κ1) is 69.0. The molecule has 0 aromatic rings. The van der Waals surface area contributed by atoms with Crippen molar-refractivity contribution in [2.45, 2.75) is 322 Å². The van der Waals surface area contributed by atoms with E-state index in [0.29, 0.717) is 17.4 Å². The smallest absolute Gasteiger partial charge is 0.306 e. The van der Waals surface area contributed by atoms with E-state index in [-0.39, 0.29) is 32.2 Å². The van der Waals surface area contributed by atoms with Gasteiger partial charge < -0.3 is 33.3 Å². The van der Waals surface area contributed by atoms with Gasteiger partial charge in [-0.1, -0.05) is 270 Å². The summed E-state index contributed by atoms with van der Waals surface area (Å²) >= 11 is 0. The normalized spacial score (nSPS) is 12.7. The Balaban J connectivity index is 3.94. The Labute approximate surface area is 440 Å². The van der Waals surface area contributed by atoms with Gasteiger partial charge in [-0.3, -0.25) is 9.59 Å². The van der Waals surface area contributed by atoms with Crippen LogP contribution in [0.4, 0.5) is 0 Å². The van der Waals surface area contributed by atoms with Crippen LogP contribution in [0.15, 0.2) is 12.2 Å². The number of carboxylic acids is 1. The van der Waals surface area contributed by atoms with E-state index in [9.17, 15) is 19.5 Å². The van der Waals surface area contributed by atoms with E-state index in [0.717, 1.165) is 38.5 Å². The average Bonchev–Trinajstić information content (AvgIpc) is 3.34. The molecule has 0 spiro atoms. The Morgan fingerprint density at radius 2 is 0.718 bits per heavy atom. The van der Waals surface area contributed by atoms with Crippen molar-refractivity contribution in [3.8, 4) is 0 Å². The summed E-state index contributed by atoms with van der Waals surface area (Å²) in [5, 5.41) is 11.7. The van der Waals surface area contributed by atoms with Crippen LogP contribution in [0.25, 0.3) is 0 Å². The molecule has 0 saturated heterocycles. The number of likely N-dealkylation sites (N-methyl/N-ethyl adjacent to an activating group) is 1. The van der Waals surface area contributed by atoms with E-state index < -0.39 is 24.3 Å². The highest BCUT2D eigenvalue weighted by molar-refractivity contribution is 5.70. The lowest BCUT2D eigenvalue weighted by atomic mass is 10.0. The van der Waals surface area contributed by atoms with Crippen LogP contribution >= 0.6 is 0 Å². The van der Waals surface area contributed by atoms with Gasteiger partial charge in [-0.25, -0.2) is 0 Å². The first-order chi connectivity index (χ1) is 34.6. The molecule has 0 radical (unpaired) electrons. The van der Waals surface area contributed by atoms with Crippen LogP contribution in [-0.4, -0.2) is 82.3 Å². The monoisotopic (exact) mass is 1010 g/mol. The molecule has 9 heteroatoms. The topological polar surface area (TPSA) is 111 Å². The highest BCUT2D eigenvalue weighted by Crippen LogP contribution is 2.18. The number of ether oxygens (including phenoxy) is 4. The second-order valence-electron chi connectivity index (χ2n) is 22.4. The predicted molar refractivity (Wildman–Crippen MR) is 297 cm³/mol. The number of carbonyl (C=O) groups is 3. The first-order valence-corrected chi connectivity index (χ1v) is 30.8. The van der Waals surface area contributed by atoms with Gasteiger partial charge in [0.05, 0.1) is 40.3 Å². The van der Waals surface area contributed by atoms with Crippen LogP contribution in [0, 0.1) is 0 Å². The van der Waals surface area contributed by atoms with Crippen molar-refractivity contribution in [3.63, 3.8) is 0 Å². The van der Waals surface area contributed by atoms with E-state index in [1.54, 1.807) is 0 Å². The predicted octanol–water partition coefficient (Wildman–Crippen LogP) is 16.8. The zero-order valence-corrected chi connectivity index (χ0v) is 47.9. The SMILES string of the molecule is CCCCCCCCCC/C=C\CCCCCCCCCCCCCCCCCCCCCCCCCC(=O)OC(COC(=O)CCCCCCCCCCCCC)COC(OCC[N+](C)(C)C)C(=O)[O-]. The number of rotatable bonds is 58. The maximum absolute atomic E-state index is 12.8. The van der Waals surface area contributed by atoms with Crippen LogP contribution in [0.5, 0.6) is 0 Å². The summed E-state index contributed by atoms with van der Waals surface area (Å²) in [6, 6.07) is 0. The standard InChI is InChI=1S/C62H119NO8/c1-6-8-10-12-14-16-18-19-20-21-22-23-24-25-26-27-28-29-30-31-32-33-34-35-36-37-38-39-40-41-43-45-47-49-51-53-60(65)71-58(57-70-62(61(66)67)68-55-54-63(3,4)5)56-69-59(64)52-50-48-46-44-42-17-15-13-11-9-7-2/h21-22,58,62H,6-20,23-57H2,1-5H3/b22-21-. The number of unbranched alkanes of at least 4 members (excludes halogenated alkanes) is 41. The molecular weight excluding hydrogens is 887 g/mol.